The lowest BCUT2D eigenvalue weighted by molar-refractivity contribution is 0.0699. The topological polar surface area (TPSA) is 51.5 Å². The summed E-state index contributed by atoms with van der Waals surface area (Å²) in [5.74, 6) is 0.660. The Kier molecular flexibility index (Phi) is 4.20. The van der Waals surface area contributed by atoms with E-state index in [1.54, 1.807) is 11.3 Å². The van der Waals surface area contributed by atoms with Crippen LogP contribution in [-0.2, 0) is 4.74 Å². The van der Waals surface area contributed by atoms with Crippen LogP contribution >= 0.6 is 22.9 Å². The van der Waals surface area contributed by atoms with E-state index in [0.717, 1.165) is 53.9 Å². The van der Waals surface area contributed by atoms with Gasteiger partial charge in [-0.1, -0.05) is 35.1 Å². The molecule has 3 heterocycles. The smallest absolute Gasteiger partial charge is 0.214 e. The maximum absolute atomic E-state index is 6.08. The zero-order chi connectivity index (χ0) is 15.6. The van der Waals surface area contributed by atoms with Gasteiger partial charge in [0.2, 0.25) is 10.1 Å². The highest BCUT2D eigenvalue weighted by atomic mass is 35.5. The van der Waals surface area contributed by atoms with E-state index in [1.165, 1.54) is 0 Å². The molecule has 1 N–H and O–H groups in total. The molecule has 120 valence electrons. The number of imidazole rings is 1. The van der Waals surface area contributed by atoms with Gasteiger partial charge in [0, 0.05) is 30.3 Å². The Morgan fingerprint density at radius 1 is 1.35 bits per heavy atom. The van der Waals surface area contributed by atoms with Crippen LogP contribution in [-0.4, -0.2) is 34.4 Å². The van der Waals surface area contributed by atoms with E-state index in [1.807, 2.05) is 35.0 Å². The summed E-state index contributed by atoms with van der Waals surface area (Å²) in [4.78, 5) is 5.34. The molecule has 2 aromatic heterocycles. The molecule has 0 unspecified atom stereocenters. The van der Waals surface area contributed by atoms with Crippen molar-refractivity contribution in [2.75, 3.05) is 25.1 Å². The van der Waals surface area contributed by atoms with Crippen LogP contribution < -0.4 is 5.32 Å². The van der Waals surface area contributed by atoms with Crippen LogP contribution in [0.4, 0.5) is 5.13 Å². The van der Waals surface area contributed by atoms with E-state index in [2.05, 4.69) is 15.4 Å². The van der Waals surface area contributed by atoms with Crippen molar-refractivity contribution in [2.24, 2.45) is 5.92 Å². The summed E-state index contributed by atoms with van der Waals surface area (Å²) in [5, 5.41) is 9.71. The number of rotatable bonds is 4. The molecule has 0 saturated carbocycles. The van der Waals surface area contributed by atoms with Crippen LogP contribution in [0.3, 0.4) is 0 Å². The first-order chi connectivity index (χ1) is 11.3. The summed E-state index contributed by atoms with van der Waals surface area (Å²) in [6.07, 6.45) is 4.07. The zero-order valence-corrected chi connectivity index (χ0v) is 14.1. The number of nitrogens with zero attached hydrogens (tertiary/aromatic N) is 3. The molecule has 23 heavy (non-hydrogen) atoms. The lowest BCUT2D eigenvalue weighted by atomic mass is 10.0. The van der Waals surface area contributed by atoms with Crippen LogP contribution in [0.1, 0.15) is 12.8 Å². The molecule has 3 aromatic rings. The highest BCUT2D eigenvalue weighted by Gasteiger charge is 2.16. The number of halogens is 1. The van der Waals surface area contributed by atoms with Gasteiger partial charge in [0.1, 0.15) is 0 Å². The van der Waals surface area contributed by atoms with Gasteiger partial charge in [0.25, 0.3) is 0 Å². The Bertz CT molecular complexity index is 809. The van der Waals surface area contributed by atoms with Crippen molar-refractivity contribution >= 4 is 33.0 Å². The van der Waals surface area contributed by atoms with E-state index < -0.39 is 0 Å². The van der Waals surface area contributed by atoms with Gasteiger partial charge in [-0.15, -0.1) is 5.10 Å². The van der Waals surface area contributed by atoms with Crippen molar-refractivity contribution in [3.63, 3.8) is 0 Å². The SMILES string of the molecule is Clc1cccc(-c2cnc3sc(NCC4CCOCC4)nn23)c1. The Hall–Kier alpha value is -1.63. The van der Waals surface area contributed by atoms with E-state index in [9.17, 15) is 0 Å². The van der Waals surface area contributed by atoms with E-state index >= 15 is 0 Å². The van der Waals surface area contributed by atoms with Gasteiger partial charge in [-0.25, -0.2) is 9.50 Å². The van der Waals surface area contributed by atoms with Crippen molar-refractivity contribution in [3.05, 3.63) is 35.5 Å². The molecular formula is C16H17ClN4OS. The van der Waals surface area contributed by atoms with Gasteiger partial charge < -0.3 is 10.1 Å². The van der Waals surface area contributed by atoms with Gasteiger partial charge in [-0.05, 0) is 30.9 Å². The maximum Gasteiger partial charge on any atom is 0.214 e. The minimum atomic E-state index is 0.660. The third-order valence-corrected chi connectivity index (χ3v) is 5.20. The van der Waals surface area contributed by atoms with E-state index in [0.29, 0.717) is 10.9 Å². The van der Waals surface area contributed by atoms with Crippen molar-refractivity contribution in [1.82, 2.24) is 14.6 Å². The third-order valence-electron chi connectivity index (χ3n) is 4.09. The molecule has 1 fully saturated rings. The molecule has 0 bridgehead atoms. The Labute approximate surface area is 143 Å². The van der Waals surface area contributed by atoms with Crippen LogP contribution in [0.15, 0.2) is 30.5 Å². The van der Waals surface area contributed by atoms with E-state index in [-0.39, 0.29) is 0 Å². The molecule has 0 atom stereocenters. The van der Waals surface area contributed by atoms with Crippen LogP contribution in [0.5, 0.6) is 0 Å². The highest BCUT2D eigenvalue weighted by molar-refractivity contribution is 7.20. The molecule has 0 amide bonds. The van der Waals surface area contributed by atoms with Crippen LogP contribution in [0, 0.1) is 5.92 Å². The number of anilines is 1. The third kappa shape index (κ3) is 3.20. The molecule has 1 aromatic carbocycles. The monoisotopic (exact) mass is 348 g/mol. The quantitative estimate of drug-likeness (QED) is 0.775. The minimum Gasteiger partial charge on any atom is -0.381 e. The van der Waals surface area contributed by atoms with Gasteiger partial charge in [-0.3, -0.25) is 0 Å². The second kappa shape index (κ2) is 6.47. The second-order valence-corrected chi connectivity index (χ2v) is 7.08. The average molecular weight is 349 g/mol. The Balaban J connectivity index is 1.54. The predicted octanol–water partition coefficient (Wildman–Crippen LogP) is 3.95. The lowest BCUT2D eigenvalue weighted by Gasteiger charge is -2.21. The van der Waals surface area contributed by atoms with Gasteiger partial charge in [-0.2, -0.15) is 0 Å². The molecule has 1 aliphatic rings. The summed E-state index contributed by atoms with van der Waals surface area (Å²) in [7, 11) is 0. The molecule has 1 saturated heterocycles. The molecular weight excluding hydrogens is 332 g/mol. The lowest BCUT2D eigenvalue weighted by Crippen LogP contribution is -2.22. The fourth-order valence-electron chi connectivity index (χ4n) is 2.79. The summed E-state index contributed by atoms with van der Waals surface area (Å²) >= 11 is 7.65. The average Bonchev–Trinajstić information content (AvgIpc) is 3.14. The number of fused-ring (bicyclic) bond motifs is 1. The van der Waals surface area contributed by atoms with Crippen molar-refractivity contribution in [2.45, 2.75) is 12.8 Å². The van der Waals surface area contributed by atoms with E-state index in [4.69, 9.17) is 16.3 Å². The Morgan fingerprint density at radius 3 is 3.04 bits per heavy atom. The first-order valence-corrected chi connectivity index (χ1v) is 8.91. The fourth-order valence-corrected chi connectivity index (χ4v) is 3.76. The largest absolute Gasteiger partial charge is 0.381 e. The Morgan fingerprint density at radius 2 is 2.22 bits per heavy atom. The fraction of sp³-hybridized carbons (Fsp3) is 0.375. The number of hydrogen-bond donors (Lipinski definition) is 1. The predicted molar refractivity (Wildman–Crippen MR) is 93.3 cm³/mol. The molecule has 4 rings (SSSR count). The molecule has 0 aliphatic carbocycles. The number of benzene rings is 1. The summed E-state index contributed by atoms with van der Waals surface area (Å²) in [5.41, 5.74) is 1.98. The number of hydrogen-bond acceptors (Lipinski definition) is 5. The van der Waals surface area contributed by atoms with Crippen molar-refractivity contribution < 1.29 is 4.74 Å². The minimum absolute atomic E-state index is 0.660. The van der Waals surface area contributed by atoms with Crippen LogP contribution in [0.25, 0.3) is 16.2 Å². The summed E-state index contributed by atoms with van der Waals surface area (Å²) in [6, 6.07) is 7.75. The van der Waals surface area contributed by atoms with Crippen molar-refractivity contribution in [3.8, 4) is 11.3 Å². The van der Waals surface area contributed by atoms with Gasteiger partial charge in [0.05, 0.1) is 11.9 Å². The van der Waals surface area contributed by atoms with Gasteiger partial charge >= 0.3 is 0 Å². The molecule has 1 aliphatic heterocycles. The first-order valence-electron chi connectivity index (χ1n) is 7.72. The maximum atomic E-state index is 6.08. The van der Waals surface area contributed by atoms with Gasteiger partial charge in [0.15, 0.2) is 0 Å². The number of ether oxygens (including phenoxy) is 1. The number of aromatic nitrogens is 3. The van der Waals surface area contributed by atoms with Crippen molar-refractivity contribution in [1.29, 1.82) is 0 Å². The summed E-state index contributed by atoms with van der Waals surface area (Å²) < 4.78 is 7.27. The first kappa shape index (κ1) is 14.9. The zero-order valence-electron chi connectivity index (χ0n) is 12.5. The molecule has 5 nitrogen and oxygen atoms in total. The molecule has 7 heteroatoms. The normalized spacial score (nSPS) is 16.0. The number of nitrogens with one attached hydrogen (secondary N) is 1. The highest BCUT2D eigenvalue weighted by Crippen LogP contribution is 2.28. The molecule has 0 radical (unpaired) electrons. The van der Waals surface area contributed by atoms with Crippen LogP contribution in [0.2, 0.25) is 5.02 Å². The summed E-state index contributed by atoms with van der Waals surface area (Å²) in [6.45, 7) is 2.67. The standard InChI is InChI=1S/C16H17ClN4OS/c17-13-3-1-2-12(8-13)14-10-19-16-21(14)20-15(23-16)18-9-11-4-6-22-7-5-11/h1-3,8,10-11H,4-7,9H2,(H,18,20). The molecule has 0 spiro atoms. The second-order valence-electron chi connectivity index (χ2n) is 5.69.